The van der Waals surface area contributed by atoms with E-state index >= 15 is 0 Å². The molecule has 0 radical (unpaired) electrons. The van der Waals surface area contributed by atoms with Gasteiger partial charge in [0.15, 0.2) is 0 Å². The van der Waals surface area contributed by atoms with Gasteiger partial charge in [0.25, 0.3) is 0 Å². The fourth-order valence-corrected chi connectivity index (χ4v) is 2.43. The van der Waals surface area contributed by atoms with E-state index in [1.807, 2.05) is 6.07 Å². The largest absolute Gasteiger partial charge is 0.399 e. The fraction of sp³-hybridized carbons (Fsp3) is 0.615. The summed E-state index contributed by atoms with van der Waals surface area (Å²) in [7, 11) is 2.21. The Labute approximate surface area is 103 Å². The predicted octanol–water partition coefficient (Wildman–Crippen LogP) is 1.95. The Morgan fingerprint density at radius 2 is 2.24 bits per heavy atom. The predicted molar refractivity (Wildman–Crippen MR) is 72.0 cm³/mol. The third-order valence-electron chi connectivity index (χ3n) is 3.50. The molecule has 17 heavy (non-hydrogen) atoms. The van der Waals surface area contributed by atoms with Crippen LogP contribution in [0.4, 0.5) is 11.5 Å². The molecule has 0 saturated heterocycles. The van der Waals surface area contributed by atoms with Crippen molar-refractivity contribution >= 4 is 11.5 Å². The zero-order chi connectivity index (χ0) is 12.1. The van der Waals surface area contributed by atoms with Crippen molar-refractivity contribution in [3.05, 3.63) is 18.3 Å². The highest BCUT2D eigenvalue weighted by Crippen LogP contribution is 2.21. The number of likely N-dealkylation sites (N-methyl/N-ethyl adjacent to an activating group) is 1. The standard InChI is InChI=1S/C13H22N4/c1-17(12-4-2-3-5-12)9-8-16-13-10-11(14)6-7-15-13/h6-7,10,12H,2-5,8-9H2,1H3,(H3,14,15,16). The molecule has 1 aromatic rings. The normalized spacial score (nSPS) is 16.6. The van der Waals surface area contributed by atoms with Crippen LogP contribution in [-0.4, -0.2) is 36.1 Å². The lowest BCUT2D eigenvalue weighted by Gasteiger charge is -2.24. The lowest BCUT2D eigenvalue weighted by molar-refractivity contribution is 0.254. The van der Waals surface area contributed by atoms with Crippen molar-refractivity contribution in [1.82, 2.24) is 9.88 Å². The molecule has 0 unspecified atom stereocenters. The zero-order valence-corrected chi connectivity index (χ0v) is 10.5. The van der Waals surface area contributed by atoms with Gasteiger partial charge in [0.1, 0.15) is 5.82 Å². The number of aromatic nitrogens is 1. The number of pyridine rings is 1. The van der Waals surface area contributed by atoms with E-state index < -0.39 is 0 Å². The summed E-state index contributed by atoms with van der Waals surface area (Å²) in [4.78, 5) is 6.67. The van der Waals surface area contributed by atoms with Gasteiger partial charge in [-0.2, -0.15) is 0 Å². The quantitative estimate of drug-likeness (QED) is 0.817. The van der Waals surface area contributed by atoms with E-state index in [-0.39, 0.29) is 0 Å². The summed E-state index contributed by atoms with van der Waals surface area (Å²) in [6.07, 6.45) is 7.22. The third-order valence-corrected chi connectivity index (χ3v) is 3.50. The third kappa shape index (κ3) is 3.60. The molecule has 1 aliphatic rings. The smallest absolute Gasteiger partial charge is 0.127 e. The summed E-state index contributed by atoms with van der Waals surface area (Å²) in [5.41, 5.74) is 6.46. The van der Waals surface area contributed by atoms with Crippen LogP contribution >= 0.6 is 0 Å². The maximum atomic E-state index is 5.70. The number of nitrogens with two attached hydrogens (primary N) is 1. The van der Waals surface area contributed by atoms with E-state index in [9.17, 15) is 0 Å². The van der Waals surface area contributed by atoms with Gasteiger partial charge in [-0.25, -0.2) is 4.98 Å². The zero-order valence-electron chi connectivity index (χ0n) is 10.5. The molecule has 4 nitrogen and oxygen atoms in total. The van der Waals surface area contributed by atoms with E-state index in [0.717, 1.165) is 30.6 Å². The molecule has 0 bridgehead atoms. The second-order valence-electron chi connectivity index (χ2n) is 4.82. The molecule has 0 aromatic carbocycles. The number of nitrogens with one attached hydrogen (secondary N) is 1. The number of hydrogen-bond acceptors (Lipinski definition) is 4. The van der Waals surface area contributed by atoms with E-state index in [4.69, 9.17) is 5.73 Å². The van der Waals surface area contributed by atoms with Gasteiger partial charge in [0.2, 0.25) is 0 Å². The van der Waals surface area contributed by atoms with Crippen LogP contribution < -0.4 is 11.1 Å². The van der Waals surface area contributed by atoms with Crippen LogP contribution in [0.2, 0.25) is 0 Å². The van der Waals surface area contributed by atoms with Crippen molar-refractivity contribution < 1.29 is 0 Å². The van der Waals surface area contributed by atoms with Crippen molar-refractivity contribution in [3.63, 3.8) is 0 Å². The molecule has 0 amide bonds. The average Bonchev–Trinajstić information content (AvgIpc) is 2.82. The molecule has 0 spiro atoms. The topological polar surface area (TPSA) is 54.2 Å². The number of anilines is 2. The molecule has 1 fully saturated rings. The average molecular weight is 234 g/mol. The van der Waals surface area contributed by atoms with Crippen LogP contribution in [0.5, 0.6) is 0 Å². The van der Waals surface area contributed by atoms with Gasteiger partial charge in [0, 0.05) is 37.1 Å². The minimum absolute atomic E-state index is 0.756. The van der Waals surface area contributed by atoms with Crippen molar-refractivity contribution in [3.8, 4) is 0 Å². The van der Waals surface area contributed by atoms with Gasteiger partial charge >= 0.3 is 0 Å². The van der Waals surface area contributed by atoms with Gasteiger partial charge < -0.3 is 16.0 Å². The van der Waals surface area contributed by atoms with Gasteiger partial charge in [-0.1, -0.05) is 12.8 Å². The first kappa shape index (κ1) is 12.2. The molecule has 1 heterocycles. The van der Waals surface area contributed by atoms with Crippen LogP contribution in [0.3, 0.4) is 0 Å². The van der Waals surface area contributed by atoms with Gasteiger partial charge in [-0.3, -0.25) is 0 Å². The molecule has 1 aromatic heterocycles. The summed E-state index contributed by atoms with van der Waals surface area (Å²) >= 11 is 0. The molecule has 94 valence electrons. The van der Waals surface area contributed by atoms with Crippen molar-refractivity contribution in [2.75, 3.05) is 31.2 Å². The van der Waals surface area contributed by atoms with E-state index in [1.54, 1.807) is 12.3 Å². The van der Waals surface area contributed by atoms with Crippen molar-refractivity contribution in [1.29, 1.82) is 0 Å². The molecule has 1 aliphatic carbocycles. The van der Waals surface area contributed by atoms with Crippen LogP contribution in [0.1, 0.15) is 25.7 Å². The number of hydrogen-bond donors (Lipinski definition) is 2. The highest BCUT2D eigenvalue weighted by Gasteiger charge is 2.18. The molecule has 2 rings (SSSR count). The maximum Gasteiger partial charge on any atom is 0.127 e. The van der Waals surface area contributed by atoms with Crippen LogP contribution in [-0.2, 0) is 0 Å². The minimum Gasteiger partial charge on any atom is -0.399 e. The van der Waals surface area contributed by atoms with Gasteiger partial charge in [0.05, 0.1) is 0 Å². The summed E-state index contributed by atoms with van der Waals surface area (Å²) < 4.78 is 0. The van der Waals surface area contributed by atoms with E-state index in [2.05, 4.69) is 22.2 Å². The number of rotatable bonds is 5. The van der Waals surface area contributed by atoms with Gasteiger partial charge in [-0.05, 0) is 26.0 Å². The Balaban J connectivity index is 1.71. The highest BCUT2D eigenvalue weighted by molar-refractivity contribution is 5.48. The fourth-order valence-electron chi connectivity index (χ4n) is 2.43. The first-order valence-electron chi connectivity index (χ1n) is 6.41. The summed E-state index contributed by atoms with van der Waals surface area (Å²) in [6.45, 7) is 1.98. The van der Waals surface area contributed by atoms with Crippen LogP contribution in [0, 0.1) is 0 Å². The molecular formula is C13H22N4. The van der Waals surface area contributed by atoms with E-state index in [0.29, 0.717) is 0 Å². The highest BCUT2D eigenvalue weighted by atomic mass is 15.1. The van der Waals surface area contributed by atoms with Crippen LogP contribution in [0.15, 0.2) is 18.3 Å². The molecule has 0 atom stereocenters. The first-order chi connectivity index (χ1) is 8.25. The maximum absolute atomic E-state index is 5.70. The number of nitrogens with zero attached hydrogens (tertiary/aromatic N) is 2. The van der Waals surface area contributed by atoms with E-state index in [1.165, 1.54) is 25.7 Å². The second-order valence-corrected chi connectivity index (χ2v) is 4.82. The molecular weight excluding hydrogens is 212 g/mol. The first-order valence-corrected chi connectivity index (χ1v) is 6.41. The molecule has 3 N–H and O–H groups in total. The lowest BCUT2D eigenvalue weighted by Crippen LogP contribution is -2.33. The van der Waals surface area contributed by atoms with Gasteiger partial charge in [-0.15, -0.1) is 0 Å². The SMILES string of the molecule is CN(CCNc1cc(N)ccn1)C1CCCC1. The summed E-state index contributed by atoms with van der Waals surface area (Å²) in [6, 6.07) is 4.45. The van der Waals surface area contributed by atoms with Crippen molar-refractivity contribution in [2.45, 2.75) is 31.7 Å². The molecule has 4 heteroatoms. The monoisotopic (exact) mass is 234 g/mol. The Morgan fingerprint density at radius 3 is 2.94 bits per heavy atom. The minimum atomic E-state index is 0.756. The summed E-state index contributed by atoms with van der Waals surface area (Å²) in [5.74, 6) is 0.866. The Morgan fingerprint density at radius 1 is 1.47 bits per heavy atom. The van der Waals surface area contributed by atoms with Crippen molar-refractivity contribution in [2.24, 2.45) is 0 Å². The number of nitrogen functional groups attached to an aromatic ring is 1. The second kappa shape index (κ2) is 5.87. The molecule has 1 saturated carbocycles. The Bertz CT molecular complexity index is 347. The lowest BCUT2D eigenvalue weighted by atomic mass is 10.2. The molecule has 0 aliphatic heterocycles. The van der Waals surface area contributed by atoms with Crippen LogP contribution in [0.25, 0.3) is 0 Å². The Hall–Kier alpha value is -1.29. The summed E-state index contributed by atoms with van der Waals surface area (Å²) in [5, 5.41) is 3.31. The Kier molecular flexibility index (Phi) is 4.20.